The molecule has 0 fully saturated rings. The summed E-state index contributed by atoms with van der Waals surface area (Å²) in [6, 6.07) is 7.80. The minimum atomic E-state index is -4.45. The van der Waals surface area contributed by atoms with Crippen LogP contribution in [0.3, 0.4) is 0 Å². The van der Waals surface area contributed by atoms with Gasteiger partial charge in [-0.25, -0.2) is 4.98 Å². The predicted octanol–water partition coefficient (Wildman–Crippen LogP) is 4.20. The van der Waals surface area contributed by atoms with Gasteiger partial charge in [0, 0.05) is 18.8 Å². The highest BCUT2D eigenvalue weighted by molar-refractivity contribution is 6.03. The molecule has 0 aliphatic heterocycles. The van der Waals surface area contributed by atoms with E-state index in [2.05, 4.69) is 15.2 Å². The van der Waals surface area contributed by atoms with Crippen molar-refractivity contribution in [3.05, 3.63) is 53.9 Å². The molecule has 128 valence electrons. The van der Waals surface area contributed by atoms with Gasteiger partial charge >= 0.3 is 6.18 Å². The maximum absolute atomic E-state index is 12.7. The summed E-state index contributed by atoms with van der Waals surface area (Å²) in [6.07, 6.45) is -2.88. The van der Waals surface area contributed by atoms with Crippen LogP contribution in [0.15, 0.2) is 42.6 Å². The van der Waals surface area contributed by atoms with E-state index in [-0.39, 0.29) is 11.4 Å². The first-order valence-electron chi connectivity index (χ1n) is 7.54. The molecule has 0 unspecified atom stereocenters. The van der Waals surface area contributed by atoms with E-state index < -0.39 is 17.6 Å². The number of carbonyl (C=O) groups excluding carboxylic acids is 1. The molecule has 1 aromatic heterocycles. The lowest BCUT2D eigenvalue weighted by molar-refractivity contribution is -0.137. The van der Waals surface area contributed by atoms with Crippen molar-refractivity contribution in [1.29, 1.82) is 0 Å². The Kier molecular flexibility index (Phi) is 5.43. The van der Waals surface area contributed by atoms with Crippen LogP contribution in [0, 0.1) is 0 Å². The van der Waals surface area contributed by atoms with Crippen molar-refractivity contribution in [3.63, 3.8) is 0 Å². The van der Waals surface area contributed by atoms with Crippen LogP contribution in [0.5, 0.6) is 0 Å². The Morgan fingerprint density at radius 3 is 2.42 bits per heavy atom. The number of nitrogens with one attached hydrogen (secondary N) is 1. The monoisotopic (exact) mass is 337 g/mol. The van der Waals surface area contributed by atoms with Gasteiger partial charge in [0.1, 0.15) is 5.69 Å². The van der Waals surface area contributed by atoms with E-state index in [9.17, 15) is 18.0 Å². The van der Waals surface area contributed by atoms with Crippen LogP contribution < -0.4 is 10.2 Å². The van der Waals surface area contributed by atoms with Crippen molar-refractivity contribution in [1.82, 2.24) is 4.98 Å². The highest BCUT2D eigenvalue weighted by Crippen LogP contribution is 2.30. The van der Waals surface area contributed by atoms with E-state index in [1.54, 1.807) is 18.3 Å². The minimum absolute atomic E-state index is 0.0736. The second-order valence-corrected chi connectivity index (χ2v) is 5.11. The quantitative estimate of drug-likeness (QED) is 0.889. The Hall–Kier alpha value is -2.57. The third-order valence-corrected chi connectivity index (χ3v) is 3.56. The molecule has 1 amide bonds. The minimum Gasteiger partial charge on any atom is -0.371 e. The number of anilines is 2. The number of pyridine rings is 1. The molecule has 0 aliphatic rings. The van der Waals surface area contributed by atoms with Gasteiger partial charge in [-0.05, 0) is 44.2 Å². The molecule has 1 heterocycles. The Labute approximate surface area is 138 Å². The number of alkyl halides is 3. The molecular weight excluding hydrogens is 319 g/mol. The van der Waals surface area contributed by atoms with Gasteiger partial charge in [0.25, 0.3) is 5.91 Å². The number of aromatic nitrogens is 1. The van der Waals surface area contributed by atoms with Crippen LogP contribution >= 0.6 is 0 Å². The zero-order valence-corrected chi connectivity index (χ0v) is 13.4. The SMILES string of the molecule is CCN(CC)c1ccc(C(=O)Nc2cccc(C(F)(F)F)c2)nc1. The molecule has 0 bridgehead atoms. The van der Waals surface area contributed by atoms with Crippen LogP contribution in [0.2, 0.25) is 0 Å². The molecule has 7 heteroatoms. The summed E-state index contributed by atoms with van der Waals surface area (Å²) in [7, 11) is 0. The van der Waals surface area contributed by atoms with Crippen molar-refractivity contribution < 1.29 is 18.0 Å². The summed E-state index contributed by atoms with van der Waals surface area (Å²) in [4.78, 5) is 18.3. The Bertz CT molecular complexity index is 695. The number of nitrogens with zero attached hydrogens (tertiary/aromatic N) is 2. The summed E-state index contributed by atoms with van der Waals surface area (Å²) in [6.45, 7) is 5.65. The van der Waals surface area contributed by atoms with Gasteiger partial charge in [-0.2, -0.15) is 13.2 Å². The Balaban J connectivity index is 2.13. The van der Waals surface area contributed by atoms with Gasteiger partial charge in [-0.3, -0.25) is 4.79 Å². The third kappa shape index (κ3) is 4.24. The summed E-state index contributed by atoms with van der Waals surface area (Å²) in [5.74, 6) is -0.555. The van der Waals surface area contributed by atoms with Crippen LogP contribution in [0.1, 0.15) is 29.9 Å². The van der Waals surface area contributed by atoms with Crippen LogP contribution in [0.4, 0.5) is 24.5 Å². The highest BCUT2D eigenvalue weighted by atomic mass is 19.4. The van der Waals surface area contributed by atoms with Gasteiger partial charge in [0.05, 0.1) is 17.4 Å². The number of benzene rings is 1. The van der Waals surface area contributed by atoms with Crippen molar-refractivity contribution >= 4 is 17.3 Å². The zero-order chi connectivity index (χ0) is 17.7. The molecule has 4 nitrogen and oxygen atoms in total. The average Bonchev–Trinajstić information content (AvgIpc) is 2.56. The molecule has 0 spiro atoms. The molecule has 2 rings (SSSR count). The van der Waals surface area contributed by atoms with Gasteiger partial charge < -0.3 is 10.2 Å². The lowest BCUT2D eigenvalue weighted by atomic mass is 10.2. The van der Waals surface area contributed by atoms with E-state index >= 15 is 0 Å². The molecule has 2 aromatic rings. The molecule has 0 aliphatic carbocycles. The number of hydrogen-bond donors (Lipinski definition) is 1. The molecule has 0 saturated carbocycles. The fourth-order valence-corrected chi connectivity index (χ4v) is 2.26. The number of carbonyl (C=O) groups is 1. The molecule has 24 heavy (non-hydrogen) atoms. The molecule has 0 radical (unpaired) electrons. The number of amides is 1. The first-order chi connectivity index (χ1) is 11.3. The fraction of sp³-hybridized carbons (Fsp3) is 0.294. The van der Waals surface area contributed by atoms with Crippen LogP contribution in [-0.2, 0) is 6.18 Å². The Morgan fingerprint density at radius 2 is 1.88 bits per heavy atom. The smallest absolute Gasteiger partial charge is 0.371 e. The topological polar surface area (TPSA) is 45.2 Å². The predicted molar refractivity (Wildman–Crippen MR) is 87.2 cm³/mol. The number of rotatable bonds is 5. The first-order valence-corrected chi connectivity index (χ1v) is 7.54. The molecule has 0 atom stereocenters. The summed E-state index contributed by atoms with van der Waals surface area (Å²) in [5.41, 5.74) is 0.286. The van der Waals surface area contributed by atoms with E-state index in [1.807, 2.05) is 13.8 Å². The Morgan fingerprint density at radius 1 is 1.17 bits per heavy atom. The number of hydrogen-bond acceptors (Lipinski definition) is 3. The van der Waals surface area contributed by atoms with E-state index in [4.69, 9.17) is 0 Å². The number of halogens is 3. The lowest BCUT2D eigenvalue weighted by Gasteiger charge is -2.20. The first kappa shape index (κ1) is 17.8. The standard InChI is InChI=1S/C17H18F3N3O/c1-3-23(4-2)14-8-9-15(21-11-14)16(24)22-13-7-5-6-12(10-13)17(18,19)20/h5-11H,3-4H2,1-2H3,(H,22,24). The second kappa shape index (κ2) is 7.33. The van der Waals surface area contributed by atoms with Gasteiger partial charge in [0.2, 0.25) is 0 Å². The van der Waals surface area contributed by atoms with Gasteiger partial charge in [-0.15, -0.1) is 0 Å². The zero-order valence-electron chi connectivity index (χ0n) is 13.4. The maximum Gasteiger partial charge on any atom is 0.416 e. The van der Waals surface area contributed by atoms with Crippen molar-refractivity contribution in [2.24, 2.45) is 0 Å². The molecule has 0 saturated heterocycles. The van der Waals surface area contributed by atoms with E-state index in [1.165, 1.54) is 12.1 Å². The average molecular weight is 337 g/mol. The lowest BCUT2D eigenvalue weighted by Crippen LogP contribution is -2.22. The summed E-state index contributed by atoms with van der Waals surface area (Å²) in [5, 5.41) is 2.43. The summed E-state index contributed by atoms with van der Waals surface area (Å²) >= 11 is 0. The second-order valence-electron chi connectivity index (χ2n) is 5.11. The summed E-state index contributed by atoms with van der Waals surface area (Å²) < 4.78 is 38.1. The van der Waals surface area contributed by atoms with Crippen LogP contribution in [-0.4, -0.2) is 24.0 Å². The largest absolute Gasteiger partial charge is 0.416 e. The molecule has 1 N–H and O–H groups in total. The van der Waals surface area contributed by atoms with Crippen molar-refractivity contribution in [2.45, 2.75) is 20.0 Å². The maximum atomic E-state index is 12.7. The van der Waals surface area contributed by atoms with Crippen molar-refractivity contribution in [3.8, 4) is 0 Å². The third-order valence-electron chi connectivity index (χ3n) is 3.56. The fourth-order valence-electron chi connectivity index (χ4n) is 2.26. The van der Waals surface area contributed by atoms with E-state index in [0.717, 1.165) is 30.9 Å². The van der Waals surface area contributed by atoms with Crippen LogP contribution in [0.25, 0.3) is 0 Å². The molecular formula is C17H18F3N3O. The van der Waals surface area contributed by atoms with E-state index in [0.29, 0.717) is 0 Å². The van der Waals surface area contributed by atoms with Gasteiger partial charge in [0.15, 0.2) is 0 Å². The normalized spacial score (nSPS) is 11.2. The van der Waals surface area contributed by atoms with Gasteiger partial charge in [-0.1, -0.05) is 6.07 Å². The highest BCUT2D eigenvalue weighted by Gasteiger charge is 2.30. The molecule has 1 aromatic carbocycles. The van der Waals surface area contributed by atoms with Crippen molar-refractivity contribution in [2.75, 3.05) is 23.3 Å².